The smallest absolute Gasteiger partial charge is 0.267 e. The number of aryl methyl sites for hydroxylation is 3. The molecular weight excluding hydrogens is 308 g/mol. The summed E-state index contributed by atoms with van der Waals surface area (Å²) < 4.78 is 6.34. The van der Waals surface area contributed by atoms with Crippen molar-refractivity contribution < 1.29 is 9.32 Å². The lowest BCUT2D eigenvalue weighted by Gasteiger charge is -2.10. The molecule has 124 valence electrons. The lowest BCUT2D eigenvalue weighted by Crippen LogP contribution is -2.33. The molecule has 0 saturated heterocycles. The van der Waals surface area contributed by atoms with Crippen LogP contribution in [0.2, 0.25) is 0 Å². The van der Waals surface area contributed by atoms with Gasteiger partial charge in [0.15, 0.2) is 0 Å². The molecule has 0 aliphatic rings. The van der Waals surface area contributed by atoms with Gasteiger partial charge in [-0.1, -0.05) is 35.0 Å². The number of amides is 1. The molecule has 2 heterocycles. The van der Waals surface area contributed by atoms with E-state index in [0.717, 1.165) is 11.1 Å². The van der Waals surface area contributed by atoms with Gasteiger partial charge in [0.25, 0.3) is 11.3 Å². The van der Waals surface area contributed by atoms with Crippen LogP contribution in [0.5, 0.6) is 0 Å². The number of benzene rings is 1. The number of nitrogens with one attached hydrogen (secondary N) is 1. The van der Waals surface area contributed by atoms with Gasteiger partial charge < -0.3 is 9.84 Å². The van der Waals surface area contributed by atoms with E-state index in [1.807, 2.05) is 31.2 Å². The topological polar surface area (TPSA) is 90.0 Å². The molecule has 0 fully saturated rings. The molecule has 0 bridgehead atoms. The SMILES string of the molecule is Cc1ccc(CNC(=O)Cn2c(C)nc3onc(C)c3c2=O)cc1. The van der Waals surface area contributed by atoms with Crippen LogP contribution in [0.1, 0.15) is 22.6 Å². The Balaban J connectivity index is 1.76. The minimum atomic E-state index is -0.318. The van der Waals surface area contributed by atoms with E-state index < -0.39 is 0 Å². The lowest BCUT2D eigenvalue weighted by molar-refractivity contribution is -0.121. The normalized spacial score (nSPS) is 11.0. The third-order valence-electron chi connectivity index (χ3n) is 3.87. The summed E-state index contributed by atoms with van der Waals surface area (Å²) in [6.45, 7) is 5.66. The van der Waals surface area contributed by atoms with Crippen molar-refractivity contribution in [3.05, 3.63) is 57.3 Å². The Bertz CT molecular complexity index is 954. The summed E-state index contributed by atoms with van der Waals surface area (Å²) in [4.78, 5) is 28.9. The van der Waals surface area contributed by atoms with Gasteiger partial charge in [0.05, 0.1) is 5.69 Å². The highest BCUT2D eigenvalue weighted by atomic mass is 16.5. The Morgan fingerprint density at radius 1 is 1.21 bits per heavy atom. The van der Waals surface area contributed by atoms with Crippen molar-refractivity contribution in [1.29, 1.82) is 0 Å². The molecule has 0 radical (unpaired) electrons. The lowest BCUT2D eigenvalue weighted by atomic mass is 10.1. The second-order valence-corrected chi connectivity index (χ2v) is 5.76. The van der Waals surface area contributed by atoms with E-state index in [0.29, 0.717) is 23.4 Å². The van der Waals surface area contributed by atoms with E-state index in [2.05, 4.69) is 15.5 Å². The zero-order valence-electron chi connectivity index (χ0n) is 13.8. The summed E-state index contributed by atoms with van der Waals surface area (Å²) in [5, 5.41) is 6.87. The van der Waals surface area contributed by atoms with E-state index >= 15 is 0 Å². The second kappa shape index (κ2) is 6.27. The van der Waals surface area contributed by atoms with E-state index in [9.17, 15) is 9.59 Å². The first kappa shape index (κ1) is 15.9. The Kier molecular flexibility index (Phi) is 4.16. The maximum Gasteiger partial charge on any atom is 0.267 e. The van der Waals surface area contributed by atoms with Crippen LogP contribution in [0, 0.1) is 20.8 Å². The largest absolute Gasteiger partial charge is 0.350 e. The molecule has 0 aliphatic carbocycles. The standard InChI is InChI=1S/C17H18N4O3/c1-10-4-6-13(7-5-10)8-18-14(22)9-21-12(3)19-16-15(17(21)23)11(2)20-24-16/h4-7H,8-9H2,1-3H3,(H,18,22). The molecule has 3 aromatic rings. The highest BCUT2D eigenvalue weighted by Gasteiger charge is 2.16. The number of rotatable bonds is 4. The average molecular weight is 326 g/mol. The molecule has 1 amide bonds. The number of carbonyl (C=O) groups excluding carboxylic acids is 1. The molecule has 3 rings (SSSR count). The van der Waals surface area contributed by atoms with Crippen LogP contribution in [-0.4, -0.2) is 20.6 Å². The molecule has 0 aliphatic heterocycles. The fourth-order valence-corrected chi connectivity index (χ4v) is 2.46. The first-order valence-electron chi connectivity index (χ1n) is 7.61. The number of aromatic nitrogens is 3. The quantitative estimate of drug-likeness (QED) is 0.787. The van der Waals surface area contributed by atoms with Crippen molar-refractivity contribution in [1.82, 2.24) is 20.0 Å². The van der Waals surface area contributed by atoms with Gasteiger partial charge in [-0.05, 0) is 26.3 Å². The molecule has 24 heavy (non-hydrogen) atoms. The molecule has 7 heteroatoms. The van der Waals surface area contributed by atoms with Gasteiger partial charge in [0, 0.05) is 6.54 Å². The van der Waals surface area contributed by atoms with Crippen LogP contribution in [0.3, 0.4) is 0 Å². The zero-order valence-corrected chi connectivity index (χ0v) is 13.8. The van der Waals surface area contributed by atoms with Crippen LogP contribution in [0.4, 0.5) is 0 Å². The van der Waals surface area contributed by atoms with Crippen molar-refractivity contribution in [2.75, 3.05) is 0 Å². The Labute approximate surface area is 138 Å². The van der Waals surface area contributed by atoms with Gasteiger partial charge in [0.1, 0.15) is 17.8 Å². The summed E-state index contributed by atoms with van der Waals surface area (Å²) in [5.41, 5.74) is 2.52. The molecule has 0 saturated carbocycles. The monoisotopic (exact) mass is 326 g/mol. The van der Waals surface area contributed by atoms with Gasteiger partial charge in [-0.3, -0.25) is 14.2 Å². The first-order chi connectivity index (χ1) is 11.5. The number of carbonyl (C=O) groups is 1. The van der Waals surface area contributed by atoms with E-state index in [1.165, 1.54) is 4.57 Å². The van der Waals surface area contributed by atoms with Gasteiger partial charge in [-0.15, -0.1) is 0 Å². The number of fused-ring (bicyclic) bond motifs is 1. The maximum absolute atomic E-state index is 12.5. The summed E-state index contributed by atoms with van der Waals surface area (Å²) in [7, 11) is 0. The molecule has 0 atom stereocenters. The molecule has 0 unspecified atom stereocenters. The fraction of sp³-hybridized carbons (Fsp3) is 0.294. The van der Waals surface area contributed by atoms with Gasteiger partial charge in [0.2, 0.25) is 5.91 Å². The fourth-order valence-electron chi connectivity index (χ4n) is 2.46. The van der Waals surface area contributed by atoms with Gasteiger partial charge >= 0.3 is 0 Å². The van der Waals surface area contributed by atoms with E-state index in [-0.39, 0.29) is 23.7 Å². The molecule has 2 aromatic heterocycles. The summed E-state index contributed by atoms with van der Waals surface area (Å²) in [6, 6.07) is 7.90. The van der Waals surface area contributed by atoms with Crippen molar-refractivity contribution >= 4 is 17.0 Å². The number of hydrogen-bond donors (Lipinski definition) is 1. The summed E-state index contributed by atoms with van der Waals surface area (Å²) in [6.07, 6.45) is 0. The van der Waals surface area contributed by atoms with Crippen molar-refractivity contribution in [2.45, 2.75) is 33.9 Å². The minimum absolute atomic E-state index is 0.0932. The second-order valence-electron chi connectivity index (χ2n) is 5.76. The van der Waals surface area contributed by atoms with E-state index in [1.54, 1.807) is 13.8 Å². The Morgan fingerprint density at radius 3 is 2.62 bits per heavy atom. The first-order valence-corrected chi connectivity index (χ1v) is 7.61. The highest BCUT2D eigenvalue weighted by molar-refractivity contribution is 5.77. The Morgan fingerprint density at radius 2 is 1.92 bits per heavy atom. The van der Waals surface area contributed by atoms with Crippen LogP contribution in [0.15, 0.2) is 33.6 Å². The van der Waals surface area contributed by atoms with Gasteiger partial charge in [-0.25, -0.2) is 0 Å². The van der Waals surface area contributed by atoms with Crippen molar-refractivity contribution in [3.63, 3.8) is 0 Å². The van der Waals surface area contributed by atoms with Crippen LogP contribution in [0.25, 0.3) is 11.1 Å². The molecular formula is C17H18N4O3. The zero-order chi connectivity index (χ0) is 17.3. The highest BCUT2D eigenvalue weighted by Crippen LogP contribution is 2.11. The molecule has 7 nitrogen and oxygen atoms in total. The van der Waals surface area contributed by atoms with Crippen molar-refractivity contribution in [2.24, 2.45) is 0 Å². The van der Waals surface area contributed by atoms with Crippen LogP contribution in [-0.2, 0) is 17.9 Å². The molecule has 1 aromatic carbocycles. The van der Waals surface area contributed by atoms with Crippen LogP contribution < -0.4 is 10.9 Å². The van der Waals surface area contributed by atoms with Gasteiger partial charge in [-0.2, -0.15) is 4.98 Å². The summed E-state index contributed by atoms with van der Waals surface area (Å²) >= 11 is 0. The summed E-state index contributed by atoms with van der Waals surface area (Å²) in [5.74, 6) is 0.158. The maximum atomic E-state index is 12.5. The van der Waals surface area contributed by atoms with Crippen LogP contribution >= 0.6 is 0 Å². The average Bonchev–Trinajstić information content (AvgIpc) is 2.91. The van der Waals surface area contributed by atoms with Crippen molar-refractivity contribution in [3.8, 4) is 0 Å². The predicted octanol–water partition coefficient (Wildman–Crippen LogP) is 1.63. The predicted molar refractivity (Wildman–Crippen MR) is 88.6 cm³/mol. The Hall–Kier alpha value is -2.96. The molecule has 1 N–H and O–H groups in total. The number of nitrogens with zero attached hydrogens (tertiary/aromatic N) is 3. The third kappa shape index (κ3) is 3.05. The minimum Gasteiger partial charge on any atom is -0.350 e. The third-order valence-corrected chi connectivity index (χ3v) is 3.87. The van der Waals surface area contributed by atoms with E-state index in [4.69, 9.17) is 4.52 Å². The number of hydrogen-bond acceptors (Lipinski definition) is 5. The molecule has 0 spiro atoms.